The molecule has 0 spiro atoms. The van der Waals surface area contributed by atoms with Gasteiger partial charge in [0.15, 0.2) is 5.75 Å². The van der Waals surface area contributed by atoms with Gasteiger partial charge >= 0.3 is 41.9 Å². The number of unbranched alkanes of at least 4 members (excludes halogenated alkanes) is 1. The molecule has 0 aliphatic heterocycles. The maximum Gasteiger partial charge on any atom is 2.00 e. The summed E-state index contributed by atoms with van der Waals surface area (Å²) in [7, 11) is 12.9. The summed E-state index contributed by atoms with van der Waals surface area (Å²) >= 11 is 2.40. The van der Waals surface area contributed by atoms with Gasteiger partial charge in [-0.2, -0.15) is 41.3 Å². The molecule has 0 radical (unpaired) electrons. The van der Waals surface area contributed by atoms with Gasteiger partial charge in [-0.25, -0.2) is 4.39 Å². The summed E-state index contributed by atoms with van der Waals surface area (Å²) in [5.74, 6) is 10.1. The van der Waals surface area contributed by atoms with Gasteiger partial charge in [0.1, 0.15) is 46.1 Å². The van der Waals surface area contributed by atoms with Crippen LogP contribution in [0.4, 0.5) is 4.39 Å². The first-order valence-electron chi connectivity index (χ1n) is 38.5. The monoisotopic (exact) mass is 1660 g/mol. The first-order chi connectivity index (χ1) is 49.4. The molecule has 14 heteroatoms. The number of benzene rings is 6. The van der Waals surface area contributed by atoms with Crippen molar-refractivity contribution in [2.75, 3.05) is 56.9 Å². The smallest absolute Gasteiger partial charge is 1.00 e. The minimum Gasteiger partial charge on any atom is -1.00 e. The van der Waals surface area contributed by atoms with E-state index in [9.17, 15) is 4.39 Å². The van der Waals surface area contributed by atoms with Crippen molar-refractivity contribution in [2.45, 2.75) is 273 Å². The Bertz CT molecular complexity index is 3510. The second kappa shape index (κ2) is 51.4. The molecule has 0 saturated heterocycles. The van der Waals surface area contributed by atoms with Gasteiger partial charge in [-0.3, -0.25) is 0 Å². The summed E-state index contributed by atoms with van der Waals surface area (Å²) < 4.78 is 56.6. The molecule has 2 aliphatic carbocycles. The van der Waals surface area contributed by atoms with Gasteiger partial charge in [-0.05, 0) is 181 Å². The molecule has 9 rings (SSSR count). The van der Waals surface area contributed by atoms with E-state index in [1.54, 1.807) is 59.1 Å². The predicted octanol–water partition coefficient (Wildman–Crippen LogP) is 21.1. The van der Waals surface area contributed by atoms with Crippen LogP contribution in [0, 0.1) is 34.5 Å². The van der Waals surface area contributed by atoms with Crippen molar-refractivity contribution in [3.8, 4) is 68.2 Å². The van der Waals surface area contributed by atoms with Gasteiger partial charge in [-0.15, -0.1) is 0 Å². The fourth-order valence-corrected chi connectivity index (χ4v) is 18.1. The molecular weight excluding hydrogens is 1530 g/mol. The van der Waals surface area contributed by atoms with Gasteiger partial charge in [-0.1, -0.05) is 215 Å². The van der Waals surface area contributed by atoms with E-state index >= 15 is 0 Å². The first kappa shape index (κ1) is 101. The zero-order valence-corrected chi connectivity index (χ0v) is 77.3. The van der Waals surface area contributed by atoms with Crippen molar-refractivity contribution in [1.82, 2.24) is 0 Å². The second-order valence-corrected chi connectivity index (χ2v) is 34.2. The summed E-state index contributed by atoms with van der Waals surface area (Å²) in [5, 5.41) is 1.54. The minimum atomic E-state index is -0.360. The largest absolute Gasteiger partial charge is 2.00 e. The third kappa shape index (κ3) is 30.3. The first-order valence-corrected chi connectivity index (χ1v) is 41.1. The molecule has 0 N–H and O–H groups in total. The third-order valence-electron chi connectivity index (χ3n) is 19.6. The number of halogens is 3. The Balaban J connectivity index is 0.000000715. The summed E-state index contributed by atoms with van der Waals surface area (Å²) in [6.07, 6.45) is 16.2. The molecule has 0 unspecified atom stereocenters. The molecule has 2 fully saturated rings. The van der Waals surface area contributed by atoms with Gasteiger partial charge < -0.3 is 61.8 Å². The van der Waals surface area contributed by atoms with Crippen LogP contribution in [0.15, 0.2) is 91.0 Å². The van der Waals surface area contributed by atoms with Gasteiger partial charge in [0, 0.05) is 53.3 Å². The molecule has 0 amide bonds. The van der Waals surface area contributed by atoms with Crippen molar-refractivity contribution in [1.29, 1.82) is 0 Å². The number of hydrogen-bond donors (Lipinski definition) is 0. The van der Waals surface area contributed by atoms with Crippen molar-refractivity contribution in [2.24, 2.45) is 0 Å². The van der Waals surface area contributed by atoms with Crippen LogP contribution in [0.1, 0.15) is 312 Å². The molecule has 0 heterocycles. The van der Waals surface area contributed by atoms with E-state index in [0.717, 1.165) is 50.1 Å². The van der Waals surface area contributed by atoms with Crippen LogP contribution in [-0.2, 0) is 0 Å². The summed E-state index contributed by atoms with van der Waals surface area (Å²) in [4.78, 5) is 0. The average molecular weight is 1670 g/mol. The van der Waals surface area contributed by atoms with E-state index in [-0.39, 0.29) is 72.6 Å². The fraction of sp³-hybridized carbons (Fsp3) is 0.538. The topological polar surface area (TPSA) is 73.8 Å². The molecule has 7 aromatic rings. The standard InChI is InChI=1S/C35H53O2P.C23H31IO2.C15H23.C8H9FO2.C8H8O2.C4H9.BrH.Li.Mg/c1-23(2)26-19-30(24(3)4)34(31(20-26)25(5)6)32-21-27(36-7)22-33(37-8)35(32)38(28-15-11-9-12-16-28)29-17-13-10-14-18-29;1-13(2)16-9-18(14(3)4)22(19(10-16)15(5)6)20-11-17(25-7)12-21(26-8)23(20)24;1-10(2)13-7-14(11(3)4)9-15(8-13)12(5)6;1-10-7-3-6(9)4-8(5-7)11-2;1-9-7-4-3-5-8(6-7)10-2;1-3-4-2;;;/h19-25,28-29H,9-18H2,1-8H3;9-15H,1-8H3;7-8,10-12H,1-6H3;3-5H,1-2H3;4,6H,1-2H3;1,3-4H2,2H3;1H;;/q;;-1;;;-1;;+1;+2/p-1. The zero-order chi connectivity index (χ0) is 77.7. The Labute approximate surface area is 704 Å². The molecular formula is C93H133BrFILiMgO8P. The Kier molecular flexibility index (Phi) is 48.3. The quantitative estimate of drug-likeness (QED) is 0.0271. The van der Waals surface area contributed by atoms with Crippen molar-refractivity contribution in [3.05, 3.63) is 176 Å². The molecule has 7 aromatic carbocycles. The maximum absolute atomic E-state index is 12.6. The van der Waals surface area contributed by atoms with E-state index in [0.29, 0.717) is 70.5 Å². The zero-order valence-electron chi connectivity index (χ0n) is 71.3. The summed E-state index contributed by atoms with van der Waals surface area (Å²) in [6.45, 7) is 46.9. The second-order valence-electron chi connectivity index (χ2n) is 30.4. The minimum absolute atomic E-state index is 0. The van der Waals surface area contributed by atoms with Crippen molar-refractivity contribution < 1.29 is 78.1 Å². The van der Waals surface area contributed by atoms with E-state index < -0.39 is 0 Å². The Morgan fingerprint density at radius 3 is 1.11 bits per heavy atom. The molecule has 0 aromatic heterocycles. The Morgan fingerprint density at radius 1 is 0.439 bits per heavy atom. The van der Waals surface area contributed by atoms with Crippen LogP contribution in [0.5, 0.6) is 46.0 Å². The molecule has 8 nitrogen and oxygen atoms in total. The molecule has 2 saturated carbocycles. The molecule has 0 bridgehead atoms. The Hall–Kier alpha value is -4.31. The van der Waals surface area contributed by atoms with E-state index in [4.69, 9.17) is 37.9 Å². The maximum atomic E-state index is 12.6. The van der Waals surface area contributed by atoms with Crippen LogP contribution in [-0.4, -0.2) is 91.2 Å². The van der Waals surface area contributed by atoms with Crippen molar-refractivity contribution >= 4 is 58.9 Å². The van der Waals surface area contributed by atoms with Crippen LogP contribution in [0.25, 0.3) is 22.3 Å². The predicted molar refractivity (Wildman–Crippen MR) is 458 cm³/mol. The molecule has 582 valence electrons. The molecule has 0 atom stereocenters. The molecule has 2 aliphatic rings. The van der Waals surface area contributed by atoms with E-state index in [2.05, 4.69) is 234 Å². The fourth-order valence-electron chi connectivity index (χ4n) is 13.2. The average Bonchev–Trinajstić information content (AvgIpc) is 0.754. The SMILES string of the molecule is CC(C)c1[c-]c(C(C)C)cc(C(C)C)c1.COc1c#ccc(OC)c1.COc1cc(F)cc(OC)c1.COc1cc(OC)c(I)c(-c2c(C(C)C)cc(C(C)C)cc2C(C)C)c1.COc1cc(OC)c(P(C2CCCCC2)C2CCCCC2)c(-c2c(C(C)C)cc(C(C)C)cc2C(C)C)c1.[Br-].[CH2-]CCC.[Li+].[Mg+2]. The number of hydrogen-bond acceptors (Lipinski definition) is 8. The number of rotatable bonds is 23. The third-order valence-corrected chi connectivity index (χ3v) is 24.3. The van der Waals surface area contributed by atoms with Crippen LogP contribution in [0.2, 0.25) is 0 Å². The van der Waals surface area contributed by atoms with Gasteiger partial charge in [0.05, 0.1) is 60.4 Å². The number of ether oxygens (including phenoxy) is 8. The van der Waals surface area contributed by atoms with Crippen LogP contribution < -0.4 is 79.0 Å². The summed E-state index contributed by atoms with van der Waals surface area (Å²) in [6, 6.07) is 39.8. The van der Waals surface area contributed by atoms with E-state index in [1.807, 2.05) is 13.2 Å². The summed E-state index contributed by atoms with van der Waals surface area (Å²) in [5.41, 5.74) is 19.8. The van der Waals surface area contributed by atoms with Gasteiger partial charge in [0.2, 0.25) is 0 Å². The van der Waals surface area contributed by atoms with E-state index in [1.165, 1.54) is 169 Å². The van der Waals surface area contributed by atoms with Gasteiger partial charge in [0.25, 0.3) is 0 Å². The van der Waals surface area contributed by atoms with Crippen LogP contribution in [0.3, 0.4) is 0 Å². The Morgan fingerprint density at radius 2 is 0.785 bits per heavy atom. The van der Waals surface area contributed by atoms with Crippen LogP contribution >= 0.6 is 30.5 Å². The van der Waals surface area contributed by atoms with Crippen molar-refractivity contribution in [3.63, 3.8) is 0 Å². The number of methoxy groups -OCH3 is 8. The molecule has 107 heavy (non-hydrogen) atoms. The normalized spacial score (nSPS) is 12.7.